The zero-order valence-electron chi connectivity index (χ0n) is 17.8. The van der Waals surface area contributed by atoms with E-state index in [1.165, 1.54) is 28.5 Å². The summed E-state index contributed by atoms with van der Waals surface area (Å²) in [7, 11) is 0. The van der Waals surface area contributed by atoms with Crippen molar-refractivity contribution in [3.63, 3.8) is 0 Å². The molecule has 11 heteroatoms. The molecule has 1 aliphatic heterocycles. The molecule has 3 heterocycles. The maximum Gasteiger partial charge on any atom is 0.399 e. The number of primary amides is 1. The highest BCUT2D eigenvalue weighted by atomic mass is 32.1. The highest BCUT2D eigenvalue weighted by Gasteiger charge is 2.60. The first-order valence-corrected chi connectivity index (χ1v) is 11.2. The number of nitrogens with zero attached hydrogens (tertiary/aromatic N) is 3. The lowest BCUT2D eigenvalue weighted by Crippen LogP contribution is -2.55. The average Bonchev–Trinajstić information content (AvgIpc) is 3.23. The van der Waals surface area contributed by atoms with Gasteiger partial charge in [-0.25, -0.2) is 9.78 Å². The monoisotopic (exact) mass is 467 g/mol. The van der Waals surface area contributed by atoms with Crippen LogP contribution < -0.4 is 11.1 Å². The molecule has 1 atom stereocenters. The summed E-state index contributed by atoms with van der Waals surface area (Å²) in [6, 6.07) is 2.64. The van der Waals surface area contributed by atoms with Crippen LogP contribution in [0, 0.1) is 6.92 Å². The average molecular weight is 468 g/mol. The van der Waals surface area contributed by atoms with Gasteiger partial charge < -0.3 is 10.6 Å². The van der Waals surface area contributed by atoms with Gasteiger partial charge in [-0.15, -0.1) is 0 Å². The van der Waals surface area contributed by atoms with Gasteiger partial charge in [-0.3, -0.25) is 15.1 Å². The Bertz CT molecular complexity index is 1070. The van der Waals surface area contributed by atoms with Gasteiger partial charge in [0.25, 0.3) is 0 Å². The number of pyridine rings is 1. The standard InChI is InChI=1S/C21H24F3N5O2S/c1-12-15(13-5-9-26-14(11-13)20(7-3-8-20)21(22,23)24)32-17(27-12)28-18(31)29-10-4-6-19(29,2)16(25)30/h5,9,11H,3-4,6-8,10H2,1-2H3,(H2,25,30)(H,27,28,31). The van der Waals surface area contributed by atoms with Gasteiger partial charge in [-0.05, 0) is 57.2 Å². The maximum atomic E-state index is 13.7. The number of aromatic nitrogens is 2. The topological polar surface area (TPSA) is 101 Å². The van der Waals surface area contributed by atoms with E-state index in [-0.39, 0.29) is 18.5 Å². The van der Waals surface area contributed by atoms with Crippen molar-refractivity contribution in [3.05, 3.63) is 29.7 Å². The lowest BCUT2D eigenvalue weighted by atomic mass is 9.65. The number of likely N-dealkylation sites (tertiary alicyclic amines) is 1. The van der Waals surface area contributed by atoms with Crippen molar-refractivity contribution >= 4 is 28.4 Å². The molecule has 2 fully saturated rings. The molecule has 32 heavy (non-hydrogen) atoms. The Balaban J connectivity index is 1.59. The summed E-state index contributed by atoms with van der Waals surface area (Å²) < 4.78 is 41.2. The number of rotatable bonds is 4. The lowest BCUT2D eigenvalue weighted by molar-refractivity contribution is -0.214. The van der Waals surface area contributed by atoms with Crippen molar-refractivity contribution in [3.8, 4) is 10.4 Å². The Kier molecular flexibility index (Phi) is 5.43. The number of nitrogens with two attached hydrogens (primary N) is 1. The summed E-state index contributed by atoms with van der Waals surface area (Å²) in [6.45, 7) is 3.76. The van der Waals surface area contributed by atoms with Crippen LogP contribution in [-0.2, 0) is 10.2 Å². The highest BCUT2D eigenvalue weighted by Crippen LogP contribution is 2.54. The van der Waals surface area contributed by atoms with E-state index in [1.54, 1.807) is 19.9 Å². The van der Waals surface area contributed by atoms with Crippen LogP contribution in [-0.4, -0.2) is 45.1 Å². The number of thiazole rings is 1. The molecule has 1 unspecified atom stereocenters. The second-order valence-electron chi connectivity index (χ2n) is 8.62. The van der Waals surface area contributed by atoms with Gasteiger partial charge in [0.1, 0.15) is 11.0 Å². The number of hydrogen-bond acceptors (Lipinski definition) is 5. The normalized spacial score (nSPS) is 22.5. The van der Waals surface area contributed by atoms with E-state index >= 15 is 0 Å². The Hall–Kier alpha value is -2.69. The van der Waals surface area contributed by atoms with Crippen LogP contribution in [0.3, 0.4) is 0 Å². The Labute approximate surface area is 187 Å². The molecule has 172 valence electrons. The van der Waals surface area contributed by atoms with Crippen LogP contribution in [0.1, 0.15) is 50.4 Å². The van der Waals surface area contributed by atoms with Crippen LogP contribution in [0.5, 0.6) is 0 Å². The predicted molar refractivity (Wildman–Crippen MR) is 114 cm³/mol. The number of amides is 3. The lowest BCUT2D eigenvalue weighted by Gasteiger charge is -2.42. The second-order valence-corrected chi connectivity index (χ2v) is 9.62. The van der Waals surface area contributed by atoms with Crippen molar-refractivity contribution in [2.75, 3.05) is 11.9 Å². The third-order valence-electron chi connectivity index (χ3n) is 6.69. The number of carbonyl (C=O) groups excluding carboxylic acids is 2. The zero-order valence-corrected chi connectivity index (χ0v) is 18.6. The van der Waals surface area contributed by atoms with Gasteiger partial charge >= 0.3 is 12.2 Å². The minimum Gasteiger partial charge on any atom is -0.368 e. The first kappa shape index (κ1) is 22.5. The molecule has 2 aromatic heterocycles. The number of nitrogens with one attached hydrogen (secondary N) is 1. The summed E-state index contributed by atoms with van der Waals surface area (Å²) in [6.07, 6.45) is -1.25. The van der Waals surface area contributed by atoms with Gasteiger partial charge in [0.15, 0.2) is 5.13 Å². The maximum absolute atomic E-state index is 13.7. The van der Waals surface area contributed by atoms with Gasteiger partial charge in [0, 0.05) is 12.7 Å². The molecule has 2 aromatic rings. The molecule has 3 N–H and O–H groups in total. The summed E-state index contributed by atoms with van der Waals surface area (Å²) in [5.41, 5.74) is 3.71. The Morgan fingerprint density at radius 1 is 1.25 bits per heavy atom. The van der Waals surface area contributed by atoms with Crippen LogP contribution in [0.25, 0.3) is 10.4 Å². The highest BCUT2D eigenvalue weighted by molar-refractivity contribution is 7.19. The van der Waals surface area contributed by atoms with E-state index in [4.69, 9.17) is 5.73 Å². The van der Waals surface area contributed by atoms with E-state index < -0.39 is 29.1 Å². The third kappa shape index (κ3) is 3.52. The fourth-order valence-corrected chi connectivity index (χ4v) is 5.42. The molecular formula is C21H24F3N5O2S. The fourth-order valence-electron chi connectivity index (χ4n) is 4.47. The van der Waals surface area contributed by atoms with E-state index in [0.717, 1.165) is 0 Å². The number of aryl methyl sites for hydroxylation is 1. The number of anilines is 1. The smallest absolute Gasteiger partial charge is 0.368 e. The van der Waals surface area contributed by atoms with E-state index in [9.17, 15) is 22.8 Å². The Morgan fingerprint density at radius 3 is 2.56 bits per heavy atom. The molecule has 2 aliphatic rings. The summed E-state index contributed by atoms with van der Waals surface area (Å²) in [5, 5.41) is 3.01. The van der Waals surface area contributed by atoms with E-state index in [0.29, 0.717) is 47.1 Å². The number of carbonyl (C=O) groups is 2. The molecule has 1 saturated heterocycles. The molecular weight excluding hydrogens is 443 g/mol. The number of halogens is 3. The van der Waals surface area contributed by atoms with E-state index in [1.807, 2.05) is 0 Å². The minimum atomic E-state index is -4.36. The SMILES string of the molecule is Cc1nc(NC(=O)N2CCCC2(C)C(N)=O)sc1-c1ccnc(C2(C(F)(F)F)CCC2)c1. The first-order valence-electron chi connectivity index (χ1n) is 10.4. The van der Waals surface area contributed by atoms with Crippen molar-refractivity contribution in [1.29, 1.82) is 0 Å². The first-order chi connectivity index (χ1) is 15.0. The van der Waals surface area contributed by atoms with Crippen LogP contribution in [0.15, 0.2) is 18.3 Å². The quantitative estimate of drug-likeness (QED) is 0.697. The fraction of sp³-hybridized carbons (Fsp3) is 0.524. The molecule has 0 spiro atoms. The molecule has 0 radical (unpaired) electrons. The van der Waals surface area contributed by atoms with Gasteiger partial charge in [0.2, 0.25) is 5.91 Å². The molecule has 4 rings (SSSR count). The van der Waals surface area contributed by atoms with E-state index in [2.05, 4.69) is 15.3 Å². The zero-order chi connectivity index (χ0) is 23.3. The minimum absolute atomic E-state index is 0.0152. The molecule has 1 saturated carbocycles. The molecule has 0 aromatic carbocycles. The van der Waals surface area contributed by atoms with Gasteiger partial charge in [-0.2, -0.15) is 13.2 Å². The van der Waals surface area contributed by atoms with Crippen LogP contribution in [0.2, 0.25) is 0 Å². The molecule has 7 nitrogen and oxygen atoms in total. The number of urea groups is 1. The van der Waals surface area contributed by atoms with Crippen molar-refractivity contribution in [2.24, 2.45) is 5.73 Å². The molecule has 3 amide bonds. The van der Waals surface area contributed by atoms with Crippen molar-refractivity contribution in [2.45, 2.75) is 63.1 Å². The summed E-state index contributed by atoms with van der Waals surface area (Å²) in [5.74, 6) is -0.569. The van der Waals surface area contributed by atoms with Crippen molar-refractivity contribution < 1.29 is 22.8 Å². The number of hydrogen-bond donors (Lipinski definition) is 2. The molecule has 1 aliphatic carbocycles. The second kappa shape index (κ2) is 7.72. The van der Waals surface area contributed by atoms with Gasteiger partial charge in [-0.1, -0.05) is 17.8 Å². The largest absolute Gasteiger partial charge is 0.399 e. The summed E-state index contributed by atoms with van der Waals surface area (Å²) >= 11 is 1.17. The van der Waals surface area contributed by atoms with Crippen LogP contribution >= 0.6 is 11.3 Å². The predicted octanol–water partition coefficient (Wildman–Crippen LogP) is 4.37. The Morgan fingerprint density at radius 2 is 1.97 bits per heavy atom. The van der Waals surface area contributed by atoms with Gasteiger partial charge in [0.05, 0.1) is 16.3 Å². The van der Waals surface area contributed by atoms with Crippen molar-refractivity contribution in [1.82, 2.24) is 14.9 Å². The molecule has 0 bridgehead atoms. The summed E-state index contributed by atoms with van der Waals surface area (Å²) in [4.78, 5) is 35.1. The third-order valence-corrected chi connectivity index (χ3v) is 7.81. The van der Waals surface area contributed by atoms with Crippen LogP contribution in [0.4, 0.5) is 23.1 Å². The number of alkyl halides is 3.